The van der Waals surface area contributed by atoms with Crippen molar-refractivity contribution in [2.75, 3.05) is 11.9 Å². The van der Waals surface area contributed by atoms with E-state index in [1.807, 2.05) is 11.9 Å². The fourth-order valence-corrected chi connectivity index (χ4v) is 2.35. The molecule has 0 spiro atoms. The summed E-state index contributed by atoms with van der Waals surface area (Å²) >= 11 is 0. The van der Waals surface area contributed by atoms with Gasteiger partial charge in [0.05, 0.1) is 5.69 Å². The molecule has 1 saturated carbocycles. The van der Waals surface area contributed by atoms with Gasteiger partial charge in [0.15, 0.2) is 11.6 Å². The lowest BCUT2D eigenvalue weighted by Gasteiger charge is -2.34. The van der Waals surface area contributed by atoms with Crippen LogP contribution in [0.2, 0.25) is 0 Å². The van der Waals surface area contributed by atoms with Gasteiger partial charge in [0.2, 0.25) is 0 Å². The van der Waals surface area contributed by atoms with Gasteiger partial charge >= 0.3 is 0 Å². The molecule has 0 aromatic carbocycles. The summed E-state index contributed by atoms with van der Waals surface area (Å²) in [6, 6.07) is 0.634. The van der Waals surface area contributed by atoms with Gasteiger partial charge in [0.1, 0.15) is 6.33 Å². The first-order chi connectivity index (χ1) is 8.09. The molecule has 0 radical (unpaired) electrons. The Morgan fingerprint density at radius 1 is 1.29 bits per heavy atom. The molecule has 94 valence electrons. The van der Waals surface area contributed by atoms with Crippen LogP contribution in [0.25, 0.3) is 0 Å². The molecular formula is C12H19FN4. The normalized spacial score (nSPS) is 24.7. The molecule has 1 aliphatic carbocycles. The number of halogens is 1. The van der Waals surface area contributed by atoms with Gasteiger partial charge < -0.3 is 10.6 Å². The van der Waals surface area contributed by atoms with Crippen LogP contribution in [0.5, 0.6) is 0 Å². The summed E-state index contributed by atoms with van der Waals surface area (Å²) in [6.07, 6.45) is 5.42. The summed E-state index contributed by atoms with van der Waals surface area (Å²) in [5, 5.41) is 0. The molecule has 2 rings (SSSR count). The second kappa shape index (κ2) is 4.96. The lowest BCUT2D eigenvalue weighted by molar-refractivity contribution is 0.381. The molecule has 5 heteroatoms. The Kier molecular flexibility index (Phi) is 3.57. The molecule has 1 fully saturated rings. The van der Waals surface area contributed by atoms with E-state index in [0.29, 0.717) is 23.6 Å². The third-order valence-corrected chi connectivity index (χ3v) is 3.57. The Balaban J connectivity index is 2.14. The fraction of sp³-hybridized carbons (Fsp3) is 0.667. The fourth-order valence-electron chi connectivity index (χ4n) is 2.35. The maximum Gasteiger partial charge on any atom is 0.186 e. The van der Waals surface area contributed by atoms with Crippen molar-refractivity contribution in [2.45, 2.75) is 44.7 Å². The first-order valence-corrected chi connectivity index (χ1v) is 6.05. The minimum atomic E-state index is -0.315. The minimum absolute atomic E-state index is 0.302. The number of nitrogens with two attached hydrogens (primary N) is 1. The van der Waals surface area contributed by atoms with Gasteiger partial charge in [-0.3, -0.25) is 0 Å². The molecule has 0 saturated heterocycles. The smallest absolute Gasteiger partial charge is 0.186 e. The zero-order chi connectivity index (χ0) is 12.4. The second-order valence-corrected chi connectivity index (χ2v) is 4.78. The standard InChI is InChI=1S/C12H19FN4/c1-8-11(13)12(16-7-15-8)17(2)10-5-3-9(14)4-6-10/h7,9-10H,3-6,14H2,1-2H3. The van der Waals surface area contributed by atoms with Crippen LogP contribution in [0, 0.1) is 12.7 Å². The highest BCUT2D eigenvalue weighted by Gasteiger charge is 2.24. The van der Waals surface area contributed by atoms with Crippen molar-refractivity contribution in [3.05, 3.63) is 17.8 Å². The predicted molar refractivity (Wildman–Crippen MR) is 65.4 cm³/mol. The number of nitrogens with zero attached hydrogens (tertiary/aromatic N) is 3. The molecular weight excluding hydrogens is 219 g/mol. The first-order valence-electron chi connectivity index (χ1n) is 6.05. The topological polar surface area (TPSA) is 55.0 Å². The van der Waals surface area contributed by atoms with Gasteiger partial charge in [0.25, 0.3) is 0 Å². The number of anilines is 1. The molecule has 1 aromatic rings. The maximum atomic E-state index is 13.9. The Morgan fingerprint density at radius 3 is 2.59 bits per heavy atom. The van der Waals surface area contributed by atoms with Gasteiger partial charge in [0, 0.05) is 19.1 Å². The number of hydrogen-bond acceptors (Lipinski definition) is 4. The van der Waals surface area contributed by atoms with Crippen molar-refractivity contribution in [3.63, 3.8) is 0 Å². The molecule has 1 aliphatic rings. The first kappa shape index (κ1) is 12.2. The molecule has 0 atom stereocenters. The Bertz CT molecular complexity index is 388. The predicted octanol–water partition coefficient (Wildman–Crippen LogP) is 1.63. The quantitative estimate of drug-likeness (QED) is 0.851. The van der Waals surface area contributed by atoms with E-state index in [1.54, 1.807) is 6.92 Å². The molecule has 4 nitrogen and oxygen atoms in total. The summed E-state index contributed by atoms with van der Waals surface area (Å²) in [5.41, 5.74) is 6.27. The Morgan fingerprint density at radius 2 is 1.94 bits per heavy atom. The lowest BCUT2D eigenvalue weighted by Crippen LogP contribution is -2.39. The summed E-state index contributed by atoms with van der Waals surface area (Å²) in [5.74, 6) is 0.0860. The largest absolute Gasteiger partial charge is 0.354 e. The van der Waals surface area contributed by atoms with Crippen molar-refractivity contribution in [2.24, 2.45) is 5.73 Å². The summed E-state index contributed by atoms with van der Waals surface area (Å²) < 4.78 is 13.9. The van der Waals surface area contributed by atoms with Gasteiger partial charge in [-0.1, -0.05) is 0 Å². The third kappa shape index (κ3) is 2.54. The van der Waals surface area contributed by atoms with E-state index < -0.39 is 0 Å². The molecule has 2 N–H and O–H groups in total. The van der Waals surface area contributed by atoms with Crippen molar-refractivity contribution >= 4 is 5.82 Å². The number of hydrogen-bond donors (Lipinski definition) is 1. The van der Waals surface area contributed by atoms with Crippen molar-refractivity contribution in [1.29, 1.82) is 0 Å². The van der Waals surface area contributed by atoms with Crippen LogP contribution in [0.4, 0.5) is 10.2 Å². The highest BCUT2D eigenvalue weighted by molar-refractivity contribution is 5.41. The number of rotatable bonds is 2. The third-order valence-electron chi connectivity index (χ3n) is 3.57. The monoisotopic (exact) mass is 238 g/mol. The zero-order valence-corrected chi connectivity index (χ0v) is 10.4. The van der Waals surface area contributed by atoms with E-state index in [9.17, 15) is 4.39 Å². The van der Waals surface area contributed by atoms with E-state index in [2.05, 4.69) is 9.97 Å². The summed E-state index contributed by atoms with van der Waals surface area (Å²) in [6.45, 7) is 1.66. The number of aromatic nitrogens is 2. The molecule has 0 bridgehead atoms. The van der Waals surface area contributed by atoms with E-state index in [0.717, 1.165) is 25.7 Å². The van der Waals surface area contributed by atoms with E-state index in [-0.39, 0.29) is 5.82 Å². The van der Waals surface area contributed by atoms with Gasteiger partial charge in [-0.15, -0.1) is 0 Å². The van der Waals surface area contributed by atoms with E-state index >= 15 is 0 Å². The minimum Gasteiger partial charge on any atom is -0.354 e. The highest BCUT2D eigenvalue weighted by atomic mass is 19.1. The Hall–Kier alpha value is -1.23. The lowest BCUT2D eigenvalue weighted by atomic mass is 9.91. The molecule has 1 heterocycles. The second-order valence-electron chi connectivity index (χ2n) is 4.78. The van der Waals surface area contributed by atoms with E-state index in [4.69, 9.17) is 5.73 Å². The van der Waals surface area contributed by atoms with E-state index in [1.165, 1.54) is 6.33 Å². The zero-order valence-electron chi connectivity index (χ0n) is 10.4. The SMILES string of the molecule is Cc1ncnc(N(C)C2CCC(N)CC2)c1F. The average Bonchev–Trinajstić information content (AvgIpc) is 2.33. The van der Waals surface area contributed by atoms with Crippen LogP contribution >= 0.6 is 0 Å². The molecule has 17 heavy (non-hydrogen) atoms. The van der Waals surface area contributed by atoms with Crippen molar-refractivity contribution in [3.8, 4) is 0 Å². The van der Waals surface area contributed by atoms with Crippen molar-refractivity contribution in [1.82, 2.24) is 9.97 Å². The average molecular weight is 238 g/mol. The van der Waals surface area contributed by atoms with Gasteiger partial charge in [-0.25, -0.2) is 14.4 Å². The number of aryl methyl sites for hydroxylation is 1. The van der Waals surface area contributed by atoms with Crippen LogP contribution in [0.3, 0.4) is 0 Å². The molecule has 0 aliphatic heterocycles. The van der Waals surface area contributed by atoms with Crippen molar-refractivity contribution < 1.29 is 4.39 Å². The maximum absolute atomic E-state index is 13.9. The molecule has 0 unspecified atom stereocenters. The summed E-state index contributed by atoms with van der Waals surface area (Å²) in [7, 11) is 1.90. The Labute approximate surface area is 101 Å². The molecule has 1 aromatic heterocycles. The van der Waals surface area contributed by atoms with Crippen LogP contribution in [-0.4, -0.2) is 29.1 Å². The van der Waals surface area contributed by atoms with Crippen LogP contribution in [0.15, 0.2) is 6.33 Å². The summed E-state index contributed by atoms with van der Waals surface area (Å²) in [4.78, 5) is 9.81. The van der Waals surface area contributed by atoms with Gasteiger partial charge in [-0.2, -0.15) is 0 Å². The highest BCUT2D eigenvalue weighted by Crippen LogP contribution is 2.26. The van der Waals surface area contributed by atoms with Crippen LogP contribution in [0.1, 0.15) is 31.4 Å². The molecule has 0 amide bonds. The van der Waals surface area contributed by atoms with Crippen LogP contribution in [-0.2, 0) is 0 Å². The van der Waals surface area contributed by atoms with Gasteiger partial charge in [-0.05, 0) is 32.6 Å². The van der Waals surface area contributed by atoms with Crippen LogP contribution < -0.4 is 10.6 Å².